The van der Waals surface area contributed by atoms with E-state index in [-0.39, 0.29) is 5.56 Å². The maximum atomic E-state index is 11.0. The molecule has 2 aromatic heterocycles. The second kappa shape index (κ2) is 4.61. The van der Waals surface area contributed by atoms with Crippen LogP contribution in [0.2, 0.25) is 0 Å². The third-order valence-corrected chi connectivity index (χ3v) is 2.18. The Balaban J connectivity index is 2.33. The number of aryl methyl sites for hydroxylation is 1. The number of hydrogen-bond donors (Lipinski definition) is 2. The number of nitrogens with zero attached hydrogens (tertiary/aromatic N) is 2. The summed E-state index contributed by atoms with van der Waals surface area (Å²) < 4.78 is 0. The highest BCUT2D eigenvalue weighted by Crippen LogP contribution is 2.18. The van der Waals surface area contributed by atoms with Crippen LogP contribution in [0.5, 0.6) is 0 Å². The van der Waals surface area contributed by atoms with Crippen molar-refractivity contribution in [2.24, 2.45) is 0 Å². The third kappa shape index (κ3) is 2.57. The molecule has 5 nitrogen and oxygen atoms in total. The SMILES string of the molecule is Cc1cncc(Nc2ncccc2C(=O)O)c1. The summed E-state index contributed by atoms with van der Waals surface area (Å²) in [5, 5.41) is 11.9. The van der Waals surface area contributed by atoms with Crippen LogP contribution in [-0.4, -0.2) is 21.0 Å². The zero-order valence-corrected chi connectivity index (χ0v) is 9.21. The van der Waals surface area contributed by atoms with Crippen molar-refractivity contribution in [3.63, 3.8) is 0 Å². The van der Waals surface area contributed by atoms with Crippen molar-refractivity contribution in [2.45, 2.75) is 6.92 Å². The molecule has 17 heavy (non-hydrogen) atoms. The van der Waals surface area contributed by atoms with E-state index >= 15 is 0 Å². The Labute approximate surface area is 98.2 Å². The molecule has 2 rings (SSSR count). The fourth-order valence-electron chi connectivity index (χ4n) is 1.44. The number of carboxylic acids is 1. The topological polar surface area (TPSA) is 75.1 Å². The van der Waals surface area contributed by atoms with E-state index in [2.05, 4.69) is 15.3 Å². The summed E-state index contributed by atoms with van der Waals surface area (Å²) in [6.45, 7) is 1.91. The molecule has 0 atom stereocenters. The van der Waals surface area contributed by atoms with Crippen LogP contribution in [0.1, 0.15) is 15.9 Å². The summed E-state index contributed by atoms with van der Waals surface area (Å²) in [6, 6.07) is 4.96. The van der Waals surface area contributed by atoms with Crippen LogP contribution >= 0.6 is 0 Å². The van der Waals surface area contributed by atoms with Gasteiger partial charge in [0, 0.05) is 12.4 Å². The second-order valence-electron chi connectivity index (χ2n) is 3.58. The van der Waals surface area contributed by atoms with Crippen molar-refractivity contribution in [3.05, 3.63) is 47.9 Å². The van der Waals surface area contributed by atoms with Gasteiger partial charge >= 0.3 is 5.97 Å². The van der Waals surface area contributed by atoms with E-state index in [0.717, 1.165) is 5.56 Å². The van der Waals surface area contributed by atoms with Crippen LogP contribution in [0.4, 0.5) is 11.5 Å². The van der Waals surface area contributed by atoms with Crippen molar-refractivity contribution < 1.29 is 9.90 Å². The van der Waals surface area contributed by atoms with Gasteiger partial charge < -0.3 is 10.4 Å². The smallest absolute Gasteiger partial charge is 0.339 e. The molecule has 0 bridgehead atoms. The molecule has 0 aromatic carbocycles. The Hall–Kier alpha value is -2.43. The van der Waals surface area contributed by atoms with Crippen molar-refractivity contribution in [1.82, 2.24) is 9.97 Å². The maximum absolute atomic E-state index is 11.0. The molecule has 2 aromatic rings. The lowest BCUT2D eigenvalue weighted by Crippen LogP contribution is -2.04. The number of pyridine rings is 2. The van der Waals surface area contributed by atoms with Gasteiger partial charge in [-0.3, -0.25) is 4.98 Å². The Morgan fingerprint density at radius 2 is 2.24 bits per heavy atom. The Morgan fingerprint density at radius 1 is 1.41 bits per heavy atom. The average molecular weight is 229 g/mol. The average Bonchev–Trinajstić information content (AvgIpc) is 2.29. The van der Waals surface area contributed by atoms with Crippen molar-refractivity contribution >= 4 is 17.5 Å². The predicted octanol–water partition coefficient (Wildman–Crippen LogP) is 2.23. The van der Waals surface area contributed by atoms with Crippen molar-refractivity contribution in [1.29, 1.82) is 0 Å². The second-order valence-corrected chi connectivity index (χ2v) is 3.58. The Morgan fingerprint density at radius 3 is 2.94 bits per heavy atom. The van der Waals surface area contributed by atoms with Gasteiger partial charge in [0.25, 0.3) is 0 Å². The molecule has 2 heterocycles. The minimum atomic E-state index is -1.01. The number of carbonyl (C=O) groups is 1. The summed E-state index contributed by atoms with van der Waals surface area (Å²) in [7, 11) is 0. The van der Waals surface area contributed by atoms with Crippen LogP contribution in [0.25, 0.3) is 0 Å². The number of hydrogen-bond acceptors (Lipinski definition) is 4. The molecule has 0 aliphatic carbocycles. The summed E-state index contributed by atoms with van der Waals surface area (Å²) in [4.78, 5) is 19.0. The van der Waals surface area contributed by atoms with Gasteiger partial charge in [0.15, 0.2) is 0 Å². The number of anilines is 2. The van der Waals surface area contributed by atoms with E-state index in [1.165, 1.54) is 12.3 Å². The largest absolute Gasteiger partial charge is 0.478 e. The first-order valence-corrected chi connectivity index (χ1v) is 5.04. The van der Waals surface area contributed by atoms with E-state index in [9.17, 15) is 4.79 Å². The molecule has 86 valence electrons. The molecule has 0 spiro atoms. The van der Waals surface area contributed by atoms with E-state index in [0.29, 0.717) is 11.5 Å². The first-order valence-electron chi connectivity index (χ1n) is 5.04. The van der Waals surface area contributed by atoms with Crippen LogP contribution in [-0.2, 0) is 0 Å². The van der Waals surface area contributed by atoms with Crippen molar-refractivity contribution in [2.75, 3.05) is 5.32 Å². The minimum Gasteiger partial charge on any atom is -0.478 e. The van der Waals surface area contributed by atoms with E-state index in [1.807, 2.05) is 13.0 Å². The predicted molar refractivity (Wildman–Crippen MR) is 63.5 cm³/mol. The quantitative estimate of drug-likeness (QED) is 0.844. The molecule has 0 saturated heterocycles. The van der Waals surface area contributed by atoms with Gasteiger partial charge in [-0.05, 0) is 30.7 Å². The number of nitrogens with one attached hydrogen (secondary N) is 1. The van der Waals surface area contributed by atoms with Gasteiger partial charge in [0.2, 0.25) is 0 Å². The van der Waals surface area contributed by atoms with E-state index in [4.69, 9.17) is 5.11 Å². The molecule has 0 amide bonds. The lowest BCUT2D eigenvalue weighted by Gasteiger charge is -2.08. The Kier molecular flexibility index (Phi) is 3.00. The normalized spacial score (nSPS) is 9.94. The highest BCUT2D eigenvalue weighted by atomic mass is 16.4. The summed E-state index contributed by atoms with van der Waals surface area (Å²) in [6.07, 6.45) is 4.88. The van der Waals surface area contributed by atoms with Gasteiger partial charge in [-0.25, -0.2) is 9.78 Å². The Bertz CT molecular complexity index is 555. The molecule has 2 N–H and O–H groups in total. The standard InChI is InChI=1S/C12H11N3O2/c1-8-5-9(7-13-6-8)15-11-10(12(16)17)3-2-4-14-11/h2-7H,1H3,(H,14,15)(H,16,17). The van der Waals surface area contributed by atoms with Crippen LogP contribution in [0.3, 0.4) is 0 Å². The van der Waals surface area contributed by atoms with E-state index < -0.39 is 5.97 Å². The first kappa shape index (κ1) is 11.1. The third-order valence-electron chi connectivity index (χ3n) is 2.18. The first-order chi connectivity index (χ1) is 8.16. The van der Waals surface area contributed by atoms with Gasteiger partial charge in [0.1, 0.15) is 11.4 Å². The molecule has 0 radical (unpaired) electrons. The van der Waals surface area contributed by atoms with E-state index in [1.54, 1.807) is 18.5 Å². The minimum absolute atomic E-state index is 0.133. The van der Waals surface area contributed by atoms with Crippen molar-refractivity contribution in [3.8, 4) is 0 Å². The lowest BCUT2D eigenvalue weighted by atomic mass is 10.2. The molecule has 0 aliphatic rings. The summed E-state index contributed by atoms with van der Waals surface area (Å²) in [5.41, 5.74) is 1.84. The maximum Gasteiger partial charge on any atom is 0.339 e. The van der Waals surface area contributed by atoms with Gasteiger partial charge in [-0.15, -0.1) is 0 Å². The number of carboxylic acid groups (broad SMARTS) is 1. The highest BCUT2D eigenvalue weighted by molar-refractivity contribution is 5.93. The fraction of sp³-hybridized carbons (Fsp3) is 0.0833. The zero-order chi connectivity index (χ0) is 12.3. The molecular formula is C12H11N3O2. The number of aromatic carboxylic acids is 1. The van der Waals surface area contributed by atoms with Gasteiger partial charge in [-0.2, -0.15) is 0 Å². The fourth-order valence-corrected chi connectivity index (χ4v) is 1.44. The van der Waals surface area contributed by atoms with Gasteiger partial charge in [0.05, 0.1) is 11.9 Å². The number of aromatic nitrogens is 2. The molecule has 0 fully saturated rings. The molecule has 0 aliphatic heterocycles. The zero-order valence-electron chi connectivity index (χ0n) is 9.21. The number of rotatable bonds is 3. The molecule has 0 saturated carbocycles. The lowest BCUT2D eigenvalue weighted by molar-refractivity contribution is 0.0697. The monoisotopic (exact) mass is 229 g/mol. The van der Waals surface area contributed by atoms with Crippen LogP contribution < -0.4 is 5.32 Å². The van der Waals surface area contributed by atoms with Crippen LogP contribution in [0, 0.1) is 6.92 Å². The summed E-state index contributed by atoms with van der Waals surface area (Å²) in [5.74, 6) is -0.700. The van der Waals surface area contributed by atoms with Crippen LogP contribution in [0.15, 0.2) is 36.8 Å². The highest BCUT2D eigenvalue weighted by Gasteiger charge is 2.10. The molecule has 5 heteroatoms. The van der Waals surface area contributed by atoms with Gasteiger partial charge in [-0.1, -0.05) is 0 Å². The molecule has 0 unspecified atom stereocenters. The molecular weight excluding hydrogens is 218 g/mol. The summed E-state index contributed by atoms with van der Waals surface area (Å²) >= 11 is 0.